The van der Waals surface area contributed by atoms with Crippen molar-refractivity contribution >= 4 is 5.97 Å². The number of hydrogen-bond acceptors (Lipinski definition) is 7. The average molecular weight is 427 g/mol. The SMILES string of the molecule is CCCC/C=C/[C@H](CCC)C(=O)O[C@@H]1[C@H]2OC(C)(C)O[C@H]2O[C@@H]1[C@H]1COC(C)(C)O1. The molecule has 0 aromatic heterocycles. The summed E-state index contributed by atoms with van der Waals surface area (Å²) in [5.74, 6) is -2.02. The summed E-state index contributed by atoms with van der Waals surface area (Å²) in [5, 5.41) is 0. The maximum absolute atomic E-state index is 13.1. The van der Waals surface area contributed by atoms with Crippen LogP contribution in [0, 0.1) is 5.92 Å². The van der Waals surface area contributed by atoms with E-state index in [2.05, 4.69) is 19.9 Å². The third-order valence-electron chi connectivity index (χ3n) is 5.67. The lowest BCUT2D eigenvalue weighted by molar-refractivity contribution is -0.235. The fraction of sp³-hybridized carbons (Fsp3) is 0.870. The second kappa shape index (κ2) is 9.65. The fourth-order valence-electron chi connectivity index (χ4n) is 4.22. The smallest absolute Gasteiger partial charge is 0.313 e. The molecule has 7 heteroatoms. The Morgan fingerprint density at radius 1 is 1.07 bits per heavy atom. The number of unbranched alkanes of at least 4 members (excludes halogenated alkanes) is 2. The van der Waals surface area contributed by atoms with E-state index in [1.807, 2.05) is 33.8 Å². The molecule has 0 aromatic rings. The van der Waals surface area contributed by atoms with E-state index in [-0.39, 0.29) is 18.0 Å². The van der Waals surface area contributed by atoms with Gasteiger partial charge in [-0.05, 0) is 40.5 Å². The molecule has 3 aliphatic heterocycles. The molecule has 30 heavy (non-hydrogen) atoms. The molecule has 3 fully saturated rings. The first-order valence-corrected chi connectivity index (χ1v) is 11.4. The molecule has 0 saturated carbocycles. The van der Waals surface area contributed by atoms with Gasteiger partial charge in [0, 0.05) is 0 Å². The number of ether oxygens (including phenoxy) is 6. The molecule has 3 heterocycles. The molecule has 0 N–H and O–H groups in total. The van der Waals surface area contributed by atoms with Gasteiger partial charge in [0.1, 0.15) is 12.2 Å². The second-order valence-electron chi connectivity index (χ2n) is 9.30. The van der Waals surface area contributed by atoms with Gasteiger partial charge in [-0.15, -0.1) is 0 Å². The van der Waals surface area contributed by atoms with Gasteiger partial charge in [0.25, 0.3) is 0 Å². The number of esters is 1. The Kier molecular flexibility index (Phi) is 7.62. The molecular formula is C23H38O7. The number of carbonyl (C=O) groups excluding carboxylic acids is 1. The van der Waals surface area contributed by atoms with Crippen molar-refractivity contribution in [3.63, 3.8) is 0 Å². The fourth-order valence-corrected chi connectivity index (χ4v) is 4.22. The van der Waals surface area contributed by atoms with Crippen LogP contribution in [-0.4, -0.2) is 54.9 Å². The normalized spacial score (nSPS) is 35.6. The van der Waals surface area contributed by atoms with Crippen LogP contribution in [0.3, 0.4) is 0 Å². The maximum Gasteiger partial charge on any atom is 0.313 e. The van der Waals surface area contributed by atoms with Gasteiger partial charge in [-0.2, -0.15) is 0 Å². The summed E-state index contributed by atoms with van der Waals surface area (Å²) in [7, 11) is 0. The molecule has 0 radical (unpaired) electrons. The van der Waals surface area contributed by atoms with Gasteiger partial charge in [-0.25, -0.2) is 0 Å². The number of hydrogen-bond donors (Lipinski definition) is 0. The van der Waals surface area contributed by atoms with E-state index in [0.29, 0.717) is 6.61 Å². The Morgan fingerprint density at radius 3 is 2.47 bits per heavy atom. The van der Waals surface area contributed by atoms with Crippen LogP contribution in [0.1, 0.15) is 73.6 Å². The molecule has 0 amide bonds. The lowest BCUT2D eigenvalue weighted by Gasteiger charge is -2.29. The van der Waals surface area contributed by atoms with Gasteiger partial charge >= 0.3 is 5.97 Å². The second-order valence-corrected chi connectivity index (χ2v) is 9.30. The van der Waals surface area contributed by atoms with E-state index in [9.17, 15) is 4.79 Å². The van der Waals surface area contributed by atoms with Gasteiger partial charge in [-0.1, -0.05) is 45.3 Å². The average Bonchev–Trinajstić information content (AvgIpc) is 3.27. The standard InChI is InChI=1S/C23H38O7/c1-7-9-10-11-13-15(12-8-2)20(24)26-18-17(16-14-25-22(3,4)28-16)27-21-19(18)29-23(5,6)30-21/h11,13,15-19,21H,7-10,12,14H2,1-6H3/b13-11+/t15-,16+,17+,18-,19+,21+/m0/s1. The van der Waals surface area contributed by atoms with Crippen molar-refractivity contribution in [3.05, 3.63) is 12.2 Å². The number of fused-ring (bicyclic) bond motifs is 1. The zero-order chi connectivity index (χ0) is 21.9. The zero-order valence-corrected chi connectivity index (χ0v) is 19.2. The van der Waals surface area contributed by atoms with E-state index in [1.54, 1.807) is 0 Å². The highest BCUT2D eigenvalue weighted by molar-refractivity contribution is 5.74. The van der Waals surface area contributed by atoms with Gasteiger partial charge in [0.15, 0.2) is 30.1 Å². The molecular weight excluding hydrogens is 388 g/mol. The van der Waals surface area contributed by atoms with E-state index < -0.39 is 36.2 Å². The number of allylic oxidation sites excluding steroid dienone is 1. The molecule has 7 nitrogen and oxygen atoms in total. The van der Waals surface area contributed by atoms with Crippen LogP contribution in [0.15, 0.2) is 12.2 Å². The highest BCUT2D eigenvalue weighted by Gasteiger charge is 2.60. The minimum atomic E-state index is -0.792. The van der Waals surface area contributed by atoms with E-state index in [1.165, 1.54) is 0 Å². The molecule has 0 unspecified atom stereocenters. The van der Waals surface area contributed by atoms with E-state index in [0.717, 1.165) is 32.1 Å². The maximum atomic E-state index is 13.1. The van der Waals surface area contributed by atoms with E-state index in [4.69, 9.17) is 28.4 Å². The molecule has 3 saturated heterocycles. The molecule has 172 valence electrons. The molecule has 0 aromatic carbocycles. The molecule has 0 aliphatic carbocycles. The first-order valence-electron chi connectivity index (χ1n) is 11.4. The van der Waals surface area contributed by atoms with Crippen LogP contribution < -0.4 is 0 Å². The lowest BCUT2D eigenvalue weighted by Crippen LogP contribution is -2.45. The Morgan fingerprint density at radius 2 is 1.83 bits per heavy atom. The van der Waals surface area contributed by atoms with Crippen molar-refractivity contribution in [3.8, 4) is 0 Å². The van der Waals surface area contributed by atoms with Crippen molar-refractivity contribution in [1.29, 1.82) is 0 Å². The molecule has 0 bridgehead atoms. The molecule has 6 atom stereocenters. The predicted octanol–water partition coefficient (Wildman–Crippen LogP) is 4.09. The largest absolute Gasteiger partial charge is 0.456 e. The number of carbonyl (C=O) groups is 1. The Balaban J connectivity index is 1.72. The van der Waals surface area contributed by atoms with E-state index >= 15 is 0 Å². The van der Waals surface area contributed by atoms with Crippen molar-refractivity contribution in [2.24, 2.45) is 5.92 Å². The third-order valence-corrected chi connectivity index (χ3v) is 5.67. The monoisotopic (exact) mass is 426 g/mol. The Hall–Kier alpha value is -0.990. The van der Waals surface area contributed by atoms with Crippen LogP contribution in [0.2, 0.25) is 0 Å². The summed E-state index contributed by atoms with van der Waals surface area (Å²) >= 11 is 0. The van der Waals surface area contributed by atoms with Crippen molar-refractivity contribution in [2.45, 2.75) is 116 Å². The summed E-state index contributed by atoms with van der Waals surface area (Å²) < 4.78 is 35.8. The Bertz CT molecular complexity index is 615. The molecule has 3 rings (SSSR count). The molecule has 3 aliphatic rings. The first kappa shape index (κ1) is 23.7. The topological polar surface area (TPSA) is 72.5 Å². The number of rotatable bonds is 9. The summed E-state index contributed by atoms with van der Waals surface area (Å²) in [4.78, 5) is 13.1. The summed E-state index contributed by atoms with van der Waals surface area (Å²) in [6.45, 7) is 12.0. The third kappa shape index (κ3) is 5.62. The van der Waals surface area contributed by atoms with Crippen LogP contribution in [0.5, 0.6) is 0 Å². The predicted molar refractivity (Wildman–Crippen MR) is 111 cm³/mol. The van der Waals surface area contributed by atoms with Crippen LogP contribution >= 0.6 is 0 Å². The lowest BCUT2D eigenvalue weighted by atomic mass is 10.0. The first-order chi connectivity index (χ1) is 14.2. The Labute approximate surface area is 180 Å². The van der Waals surface area contributed by atoms with Gasteiger partial charge < -0.3 is 28.4 Å². The van der Waals surface area contributed by atoms with Crippen LogP contribution in [-0.2, 0) is 33.2 Å². The minimum absolute atomic E-state index is 0.254. The summed E-state index contributed by atoms with van der Waals surface area (Å²) in [6, 6.07) is 0. The van der Waals surface area contributed by atoms with Gasteiger partial charge in [-0.3, -0.25) is 4.79 Å². The van der Waals surface area contributed by atoms with Crippen molar-refractivity contribution < 1.29 is 33.2 Å². The highest BCUT2D eigenvalue weighted by atomic mass is 16.8. The zero-order valence-electron chi connectivity index (χ0n) is 19.2. The molecule has 0 spiro atoms. The van der Waals surface area contributed by atoms with Crippen molar-refractivity contribution in [2.75, 3.05) is 6.61 Å². The van der Waals surface area contributed by atoms with Crippen molar-refractivity contribution in [1.82, 2.24) is 0 Å². The summed E-state index contributed by atoms with van der Waals surface area (Å²) in [5.41, 5.74) is 0. The van der Waals surface area contributed by atoms with Gasteiger partial charge in [0.05, 0.1) is 12.5 Å². The summed E-state index contributed by atoms with van der Waals surface area (Å²) in [6.07, 6.45) is 6.35. The minimum Gasteiger partial charge on any atom is -0.456 e. The quantitative estimate of drug-likeness (QED) is 0.312. The highest BCUT2D eigenvalue weighted by Crippen LogP contribution is 2.42. The van der Waals surface area contributed by atoms with Gasteiger partial charge in [0.2, 0.25) is 0 Å². The van der Waals surface area contributed by atoms with Crippen LogP contribution in [0.4, 0.5) is 0 Å². The van der Waals surface area contributed by atoms with Crippen LogP contribution in [0.25, 0.3) is 0 Å².